The molecule has 0 aliphatic carbocycles. The predicted octanol–water partition coefficient (Wildman–Crippen LogP) is 1.63. The van der Waals surface area contributed by atoms with E-state index in [2.05, 4.69) is 20.6 Å². The van der Waals surface area contributed by atoms with Crippen LogP contribution in [0, 0.1) is 0 Å². The van der Waals surface area contributed by atoms with Crippen LogP contribution in [0.25, 0.3) is 0 Å². The summed E-state index contributed by atoms with van der Waals surface area (Å²) in [4.78, 5) is 12.0. The SMILES string of the molecule is O=C(n1ccnn1)n1nnc(Cc2ccccc2)c1Cl. The Morgan fingerprint density at radius 3 is 2.70 bits per heavy atom. The molecule has 0 bridgehead atoms. The van der Waals surface area contributed by atoms with E-state index in [1.165, 1.54) is 12.4 Å². The van der Waals surface area contributed by atoms with Crippen LogP contribution in [-0.2, 0) is 6.42 Å². The zero-order valence-electron chi connectivity index (χ0n) is 10.2. The molecule has 0 amide bonds. The molecule has 0 saturated carbocycles. The molecule has 3 aromatic rings. The van der Waals surface area contributed by atoms with E-state index in [4.69, 9.17) is 11.6 Å². The average molecular weight is 289 g/mol. The molecule has 0 aliphatic rings. The van der Waals surface area contributed by atoms with Gasteiger partial charge in [0, 0.05) is 6.42 Å². The van der Waals surface area contributed by atoms with Gasteiger partial charge >= 0.3 is 6.03 Å². The van der Waals surface area contributed by atoms with Crippen molar-refractivity contribution in [2.45, 2.75) is 6.42 Å². The van der Waals surface area contributed by atoms with Gasteiger partial charge in [-0.05, 0) is 5.56 Å². The molecule has 0 aliphatic heterocycles. The largest absolute Gasteiger partial charge is 0.373 e. The zero-order chi connectivity index (χ0) is 13.9. The number of hydrogen-bond donors (Lipinski definition) is 0. The molecule has 0 atom stereocenters. The lowest BCUT2D eigenvalue weighted by atomic mass is 10.1. The van der Waals surface area contributed by atoms with Gasteiger partial charge in [-0.2, -0.15) is 4.68 Å². The summed E-state index contributed by atoms with van der Waals surface area (Å²) >= 11 is 6.14. The molecule has 0 spiro atoms. The van der Waals surface area contributed by atoms with Crippen LogP contribution in [0.4, 0.5) is 4.79 Å². The first kappa shape index (κ1) is 12.5. The van der Waals surface area contributed by atoms with Gasteiger partial charge in [-0.25, -0.2) is 4.79 Å². The van der Waals surface area contributed by atoms with E-state index in [-0.39, 0.29) is 5.15 Å². The minimum atomic E-state index is -0.528. The first-order chi connectivity index (χ1) is 9.75. The minimum absolute atomic E-state index is 0.175. The van der Waals surface area contributed by atoms with Crippen LogP contribution in [0.5, 0.6) is 0 Å². The van der Waals surface area contributed by atoms with Gasteiger partial charge in [-0.15, -0.1) is 14.9 Å². The fourth-order valence-electron chi connectivity index (χ4n) is 1.73. The third kappa shape index (κ3) is 2.30. The summed E-state index contributed by atoms with van der Waals surface area (Å²) in [7, 11) is 0. The smallest absolute Gasteiger partial charge is 0.243 e. The van der Waals surface area contributed by atoms with E-state index < -0.39 is 6.03 Å². The Bertz CT molecular complexity index is 722. The second-order valence-corrected chi connectivity index (χ2v) is 4.39. The third-order valence-electron chi connectivity index (χ3n) is 2.69. The lowest BCUT2D eigenvalue weighted by molar-refractivity contribution is 0.237. The average Bonchev–Trinajstić information content (AvgIpc) is 3.11. The summed E-state index contributed by atoms with van der Waals surface area (Å²) in [5.41, 5.74) is 1.57. The van der Waals surface area contributed by atoms with Gasteiger partial charge in [0.15, 0.2) is 5.15 Å². The minimum Gasteiger partial charge on any atom is -0.243 e. The van der Waals surface area contributed by atoms with E-state index in [1.807, 2.05) is 30.3 Å². The van der Waals surface area contributed by atoms with Crippen LogP contribution < -0.4 is 0 Å². The Balaban J connectivity index is 1.87. The Morgan fingerprint density at radius 2 is 2.00 bits per heavy atom. The lowest BCUT2D eigenvalue weighted by Crippen LogP contribution is -2.21. The fourth-order valence-corrected chi connectivity index (χ4v) is 1.94. The molecule has 8 heteroatoms. The quantitative estimate of drug-likeness (QED) is 0.716. The van der Waals surface area contributed by atoms with Crippen LogP contribution in [0.2, 0.25) is 5.15 Å². The Kier molecular flexibility index (Phi) is 3.26. The maximum atomic E-state index is 12.0. The summed E-state index contributed by atoms with van der Waals surface area (Å²) in [6.45, 7) is 0. The number of nitrogens with zero attached hydrogens (tertiary/aromatic N) is 6. The van der Waals surface area contributed by atoms with Gasteiger partial charge in [0.25, 0.3) is 0 Å². The van der Waals surface area contributed by atoms with E-state index in [1.54, 1.807) is 0 Å². The Hall–Kier alpha value is -2.54. The van der Waals surface area contributed by atoms with Gasteiger partial charge in [-0.1, -0.05) is 52.4 Å². The summed E-state index contributed by atoms with van der Waals surface area (Å²) in [5.74, 6) is 0. The molecule has 0 saturated heterocycles. The van der Waals surface area contributed by atoms with Gasteiger partial charge in [-0.3, -0.25) is 0 Å². The summed E-state index contributed by atoms with van der Waals surface area (Å²) in [6, 6.07) is 9.15. The first-order valence-corrected chi connectivity index (χ1v) is 6.18. The second-order valence-electron chi connectivity index (χ2n) is 4.03. The molecule has 0 fully saturated rings. The van der Waals surface area contributed by atoms with Crippen molar-refractivity contribution in [1.29, 1.82) is 0 Å². The molecule has 100 valence electrons. The topological polar surface area (TPSA) is 78.5 Å². The van der Waals surface area contributed by atoms with Gasteiger partial charge in [0.1, 0.15) is 5.69 Å². The molecule has 1 aromatic carbocycles. The molecule has 3 rings (SSSR count). The van der Waals surface area contributed by atoms with Gasteiger partial charge in [0.05, 0.1) is 12.4 Å². The number of halogens is 1. The molecular formula is C12H9ClN6O. The van der Waals surface area contributed by atoms with Crippen LogP contribution >= 0.6 is 11.6 Å². The van der Waals surface area contributed by atoms with Crippen molar-refractivity contribution in [3.63, 3.8) is 0 Å². The summed E-state index contributed by atoms with van der Waals surface area (Å²) < 4.78 is 2.03. The number of aromatic nitrogens is 6. The van der Waals surface area contributed by atoms with Crippen LogP contribution in [-0.4, -0.2) is 36.0 Å². The third-order valence-corrected chi connectivity index (χ3v) is 3.07. The zero-order valence-corrected chi connectivity index (χ0v) is 11.0. The molecule has 20 heavy (non-hydrogen) atoms. The highest BCUT2D eigenvalue weighted by Gasteiger charge is 2.18. The van der Waals surface area contributed by atoms with Crippen LogP contribution in [0.1, 0.15) is 11.3 Å². The van der Waals surface area contributed by atoms with Crippen molar-refractivity contribution in [3.8, 4) is 0 Å². The van der Waals surface area contributed by atoms with Crippen molar-refractivity contribution in [2.24, 2.45) is 0 Å². The van der Waals surface area contributed by atoms with Gasteiger partial charge in [0.2, 0.25) is 0 Å². The van der Waals surface area contributed by atoms with Crippen LogP contribution in [0.3, 0.4) is 0 Å². The molecule has 2 aromatic heterocycles. The van der Waals surface area contributed by atoms with Crippen LogP contribution in [0.15, 0.2) is 42.7 Å². The predicted molar refractivity (Wildman–Crippen MR) is 70.5 cm³/mol. The van der Waals surface area contributed by atoms with E-state index in [0.717, 1.165) is 14.9 Å². The monoisotopic (exact) mass is 288 g/mol. The fraction of sp³-hybridized carbons (Fsp3) is 0.0833. The van der Waals surface area contributed by atoms with Crippen molar-refractivity contribution in [2.75, 3.05) is 0 Å². The van der Waals surface area contributed by atoms with E-state index in [0.29, 0.717) is 12.1 Å². The molecule has 0 N–H and O–H groups in total. The maximum Gasteiger partial charge on any atom is 0.373 e. The van der Waals surface area contributed by atoms with Crippen molar-refractivity contribution < 1.29 is 4.79 Å². The summed E-state index contributed by atoms with van der Waals surface area (Å²) in [6.07, 6.45) is 3.31. The molecule has 0 unspecified atom stereocenters. The highest BCUT2D eigenvalue weighted by atomic mass is 35.5. The number of benzene rings is 1. The number of rotatable bonds is 2. The maximum absolute atomic E-state index is 12.0. The second kappa shape index (κ2) is 5.22. The van der Waals surface area contributed by atoms with E-state index >= 15 is 0 Å². The number of carbonyl (C=O) groups is 1. The molecule has 7 nitrogen and oxygen atoms in total. The van der Waals surface area contributed by atoms with Crippen molar-refractivity contribution in [3.05, 3.63) is 59.1 Å². The van der Waals surface area contributed by atoms with Gasteiger partial charge < -0.3 is 0 Å². The molecule has 0 radical (unpaired) electrons. The van der Waals surface area contributed by atoms with E-state index in [9.17, 15) is 4.79 Å². The normalized spacial score (nSPS) is 10.7. The standard InChI is InChI=1S/C12H9ClN6O/c13-11-10(8-9-4-2-1-3-5-9)15-17-19(11)12(20)18-7-6-14-16-18/h1-7H,8H2. The Morgan fingerprint density at radius 1 is 1.20 bits per heavy atom. The highest BCUT2D eigenvalue weighted by Crippen LogP contribution is 2.17. The first-order valence-electron chi connectivity index (χ1n) is 5.81. The summed E-state index contributed by atoms with van der Waals surface area (Å²) in [5, 5.41) is 15.0. The molecular weight excluding hydrogens is 280 g/mol. The highest BCUT2D eigenvalue weighted by molar-refractivity contribution is 6.31. The van der Waals surface area contributed by atoms with Crippen molar-refractivity contribution in [1.82, 2.24) is 30.0 Å². The Labute approximate surface area is 118 Å². The number of carbonyl (C=O) groups excluding carboxylic acids is 1. The molecule has 2 heterocycles. The number of hydrogen-bond acceptors (Lipinski definition) is 5. The lowest BCUT2D eigenvalue weighted by Gasteiger charge is -2.00. The van der Waals surface area contributed by atoms with Crippen molar-refractivity contribution >= 4 is 17.6 Å².